The number of aliphatic hydroxyl groups excluding tert-OH is 1. The molecule has 4 rings (SSSR count). The number of carbonyl (C=O) groups excluding carboxylic acids is 3. The van der Waals surface area contributed by atoms with Crippen molar-refractivity contribution in [1.82, 2.24) is 4.98 Å². The first-order valence-electron chi connectivity index (χ1n) is 12.7. The van der Waals surface area contributed by atoms with Gasteiger partial charge in [-0.2, -0.15) is 0 Å². The van der Waals surface area contributed by atoms with E-state index < -0.39 is 29.5 Å². The second-order valence-corrected chi connectivity index (χ2v) is 9.95. The van der Waals surface area contributed by atoms with Crippen LogP contribution >= 0.6 is 11.3 Å². The van der Waals surface area contributed by atoms with Crippen LogP contribution in [0.4, 0.5) is 5.13 Å². The molecule has 1 aromatic heterocycles. The number of aryl methyl sites for hydroxylation is 1. The van der Waals surface area contributed by atoms with E-state index >= 15 is 0 Å². The minimum absolute atomic E-state index is 0.0729. The van der Waals surface area contributed by atoms with Crippen molar-refractivity contribution in [3.8, 4) is 5.75 Å². The van der Waals surface area contributed by atoms with Crippen LogP contribution in [-0.2, 0) is 14.3 Å². The minimum atomic E-state index is -0.962. The van der Waals surface area contributed by atoms with Crippen LogP contribution < -0.4 is 9.64 Å². The van der Waals surface area contributed by atoms with Gasteiger partial charge in [-0.25, -0.2) is 9.78 Å². The molecule has 0 spiro atoms. The summed E-state index contributed by atoms with van der Waals surface area (Å²) >= 11 is 0.964. The summed E-state index contributed by atoms with van der Waals surface area (Å²) in [4.78, 5) is 44.9. The lowest BCUT2D eigenvalue weighted by Gasteiger charge is -2.24. The second-order valence-electron chi connectivity index (χ2n) is 8.98. The highest BCUT2D eigenvalue weighted by molar-refractivity contribution is 7.17. The summed E-state index contributed by atoms with van der Waals surface area (Å²) in [7, 11) is 1.26. The predicted octanol–water partition coefficient (Wildman–Crippen LogP) is 5.99. The summed E-state index contributed by atoms with van der Waals surface area (Å²) in [6, 6.07) is 15.3. The van der Waals surface area contributed by atoms with Gasteiger partial charge in [0.05, 0.1) is 31.0 Å². The highest BCUT2D eigenvalue weighted by atomic mass is 32.1. The smallest absolute Gasteiger partial charge is 0.350 e. The lowest BCUT2D eigenvalue weighted by atomic mass is 9.95. The zero-order chi connectivity index (χ0) is 27.9. The van der Waals surface area contributed by atoms with Crippen LogP contribution in [0.2, 0.25) is 0 Å². The molecule has 1 aliphatic heterocycles. The molecule has 1 amide bonds. The number of aliphatic hydroxyl groups is 1. The molecule has 2 heterocycles. The van der Waals surface area contributed by atoms with Crippen LogP contribution in [0.1, 0.15) is 58.7 Å². The van der Waals surface area contributed by atoms with Crippen LogP contribution in [0.3, 0.4) is 0 Å². The van der Waals surface area contributed by atoms with Gasteiger partial charge in [0.25, 0.3) is 5.91 Å². The number of carbonyl (C=O) groups is 3. The fourth-order valence-corrected chi connectivity index (χ4v) is 5.26. The number of unbranched alkanes of at least 4 members (excludes halogenated alkanes) is 2. The standard InChI is InChI=1S/C30H30N2O6S/c1-4-5-9-18-38-22-15-13-21(14-16-22)25-24(23(33)17-12-20-10-7-6-8-11-20)26(34)28(35)32(25)30-31-19(2)27(39-30)29(36)37-3/h6-8,10-17,25,34H,4-5,9,18H2,1-3H3. The highest BCUT2D eigenvalue weighted by Gasteiger charge is 2.45. The number of thiazole rings is 1. The number of nitrogens with zero attached hydrogens (tertiary/aromatic N) is 2. The zero-order valence-corrected chi connectivity index (χ0v) is 22.9. The van der Waals surface area contributed by atoms with Crippen LogP contribution in [0.5, 0.6) is 5.75 Å². The Balaban J connectivity index is 1.72. The number of anilines is 1. The average molecular weight is 547 g/mol. The van der Waals surface area contributed by atoms with Gasteiger partial charge in [-0.15, -0.1) is 0 Å². The van der Waals surface area contributed by atoms with Gasteiger partial charge in [-0.05, 0) is 42.7 Å². The third kappa shape index (κ3) is 6.09. The average Bonchev–Trinajstić information content (AvgIpc) is 3.46. The normalized spacial score (nSPS) is 15.3. The largest absolute Gasteiger partial charge is 0.503 e. The first-order valence-corrected chi connectivity index (χ1v) is 13.5. The van der Waals surface area contributed by atoms with E-state index in [1.54, 1.807) is 37.3 Å². The number of ketones is 1. The Kier molecular flexibility index (Phi) is 8.93. The number of hydrogen-bond donors (Lipinski definition) is 1. The Hall–Kier alpha value is -4.24. The first kappa shape index (κ1) is 27.8. The third-order valence-electron chi connectivity index (χ3n) is 6.27. The fraction of sp³-hybridized carbons (Fsp3) is 0.267. The van der Waals surface area contributed by atoms with Gasteiger partial charge in [0.2, 0.25) is 0 Å². The maximum atomic E-state index is 13.4. The van der Waals surface area contributed by atoms with Crippen molar-refractivity contribution in [2.75, 3.05) is 18.6 Å². The topological polar surface area (TPSA) is 106 Å². The monoisotopic (exact) mass is 546 g/mol. The molecule has 0 fully saturated rings. The maximum absolute atomic E-state index is 13.4. The van der Waals surface area contributed by atoms with E-state index in [9.17, 15) is 19.5 Å². The molecule has 1 aliphatic rings. The van der Waals surface area contributed by atoms with E-state index in [1.165, 1.54) is 18.1 Å². The number of methoxy groups -OCH3 is 1. The number of aromatic nitrogens is 1. The van der Waals surface area contributed by atoms with Crippen molar-refractivity contribution in [3.63, 3.8) is 0 Å². The number of amides is 1. The summed E-state index contributed by atoms with van der Waals surface area (Å²) in [6.07, 6.45) is 6.07. The fourth-order valence-electron chi connectivity index (χ4n) is 4.25. The molecule has 0 radical (unpaired) electrons. The van der Waals surface area contributed by atoms with E-state index in [1.807, 2.05) is 30.3 Å². The zero-order valence-electron chi connectivity index (χ0n) is 22.0. The number of rotatable bonds is 11. The second kappa shape index (κ2) is 12.5. The molecule has 8 nitrogen and oxygen atoms in total. The van der Waals surface area contributed by atoms with Gasteiger partial charge in [0.15, 0.2) is 16.7 Å². The van der Waals surface area contributed by atoms with Crippen molar-refractivity contribution in [2.24, 2.45) is 0 Å². The summed E-state index contributed by atoms with van der Waals surface area (Å²) < 4.78 is 10.7. The number of allylic oxidation sites excluding steroid dienone is 1. The molecular weight excluding hydrogens is 516 g/mol. The van der Waals surface area contributed by atoms with Gasteiger partial charge < -0.3 is 14.6 Å². The lowest BCUT2D eigenvalue weighted by molar-refractivity contribution is -0.117. The molecule has 1 unspecified atom stereocenters. The van der Waals surface area contributed by atoms with Crippen LogP contribution in [0, 0.1) is 6.92 Å². The number of benzene rings is 2. The first-order chi connectivity index (χ1) is 18.8. The van der Waals surface area contributed by atoms with E-state index in [-0.39, 0.29) is 15.6 Å². The molecule has 1 N–H and O–H groups in total. The van der Waals surface area contributed by atoms with E-state index in [4.69, 9.17) is 9.47 Å². The van der Waals surface area contributed by atoms with Crippen molar-refractivity contribution in [1.29, 1.82) is 0 Å². The van der Waals surface area contributed by atoms with E-state index in [2.05, 4.69) is 11.9 Å². The number of hydrogen-bond acceptors (Lipinski definition) is 8. The van der Waals surface area contributed by atoms with Crippen molar-refractivity contribution < 1.29 is 29.0 Å². The molecular formula is C30H30N2O6S. The van der Waals surface area contributed by atoms with Crippen LogP contribution in [0.25, 0.3) is 6.08 Å². The molecule has 0 saturated carbocycles. The number of ether oxygens (including phenoxy) is 2. The minimum Gasteiger partial charge on any atom is -0.503 e. The molecule has 0 bridgehead atoms. The quantitative estimate of drug-likeness (QED) is 0.179. The summed E-state index contributed by atoms with van der Waals surface area (Å²) in [5, 5.41) is 11.1. The van der Waals surface area contributed by atoms with Gasteiger partial charge in [0, 0.05) is 0 Å². The summed E-state index contributed by atoms with van der Waals surface area (Å²) in [6.45, 7) is 4.34. The van der Waals surface area contributed by atoms with Crippen molar-refractivity contribution in [2.45, 2.75) is 39.2 Å². The maximum Gasteiger partial charge on any atom is 0.350 e. The SMILES string of the molecule is CCCCCOc1ccc(C2C(C(=O)C=Cc3ccccc3)=C(O)C(=O)N2c2nc(C)c(C(=O)OC)s2)cc1. The molecule has 3 aromatic rings. The molecule has 9 heteroatoms. The molecule has 202 valence electrons. The van der Waals surface area contributed by atoms with E-state index in [0.717, 1.165) is 36.2 Å². The van der Waals surface area contributed by atoms with Gasteiger partial charge in [-0.3, -0.25) is 14.5 Å². The molecule has 0 aliphatic carbocycles. The number of esters is 1. The summed E-state index contributed by atoms with van der Waals surface area (Å²) in [5.74, 6) is -1.87. The van der Waals surface area contributed by atoms with Gasteiger partial charge >= 0.3 is 5.97 Å². The predicted molar refractivity (Wildman–Crippen MR) is 150 cm³/mol. The van der Waals surface area contributed by atoms with Crippen molar-refractivity contribution >= 4 is 40.2 Å². The van der Waals surface area contributed by atoms with Gasteiger partial charge in [0.1, 0.15) is 10.6 Å². The Bertz CT molecular complexity index is 1410. The Morgan fingerprint density at radius 1 is 1.10 bits per heavy atom. The molecule has 0 saturated heterocycles. The highest BCUT2D eigenvalue weighted by Crippen LogP contribution is 2.43. The van der Waals surface area contributed by atoms with Crippen LogP contribution in [0.15, 0.2) is 72.0 Å². The Morgan fingerprint density at radius 2 is 1.82 bits per heavy atom. The van der Waals surface area contributed by atoms with E-state index in [0.29, 0.717) is 23.6 Å². The molecule has 39 heavy (non-hydrogen) atoms. The van der Waals surface area contributed by atoms with Crippen LogP contribution in [-0.4, -0.2) is 41.5 Å². The molecule has 2 aromatic carbocycles. The van der Waals surface area contributed by atoms with Gasteiger partial charge in [-0.1, -0.05) is 79.6 Å². The lowest BCUT2D eigenvalue weighted by Crippen LogP contribution is -2.30. The third-order valence-corrected chi connectivity index (χ3v) is 7.41. The Morgan fingerprint density at radius 3 is 2.49 bits per heavy atom. The summed E-state index contributed by atoms with van der Waals surface area (Å²) in [5.41, 5.74) is 1.69. The molecule has 1 atom stereocenters. The van der Waals surface area contributed by atoms with Crippen molar-refractivity contribution in [3.05, 3.63) is 93.7 Å². The Labute approximate surface area is 231 Å².